The predicted octanol–water partition coefficient (Wildman–Crippen LogP) is 3.84. The molecule has 0 N–H and O–H groups in total. The van der Waals surface area contributed by atoms with Crippen molar-refractivity contribution in [1.29, 1.82) is 0 Å². The van der Waals surface area contributed by atoms with Crippen LogP contribution in [-0.2, 0) is 0 Å². The highest BCUT2D eigenvalue weighted by Gasteiger charge is 2.23. The molecule has 2 rings (SSSR count). The minimum atomic E-state index is 0.821. The van der Waals surface area contributed by atoms with Gasteiger partial charge in [0.25, 0.3) is 0 Å². The van der Waals surface area contributed by atoms with E-state index in [1.54, 1.807) is 0 Å². The lowest BCUT2D eigenvalue weighted by Gasteiger charge is -2.11. The van der Waals surface area contributed by atoms with Crippen LogP contribution in [0.15, 0.2) is 22.8 Å². The quantitative estimate of drug-likeness (QED) is 0.726. The van der Waals surface area contributed by atoms with Crippen molar-refractivity contribution in [2.45, 2.75) is 46.0 Å². The van der Waals surface area contributed by atoms with Gasteiger partial charge in [-0.15, -0.1) is 0 Å². The molecule has 0 radical (unpaired) electrons. The highest BCUT2D eigenvalue weighted by molar-refractivity contribution is 6.10. The summed E-state index contributed by atoms with van der Waals surface area (Å²) >= 11 is 0. The molecule has 0 unspecified atom stereocenters. The smallest absolute Gasteiger partial charge is 0.125 e. The molecular weight excluding hydrogens is 234 g/mol. The summed E-state index contributed by atoms with van der Waals surface area (Å²) < 4.78 is 0. The zero-order valence-electron chi connectivity index (χ0n) is 12.2. The number of allylic oxidation sites excluding steroid dienone is 2. The highest BCUT2D eigenvalue weighted by Crippen LogP contribution is 2.38. The van der Waals surface area contributed by atoms with Gasteiger partial charge in [0.2, 0.25) is 0 Å². The van der Waals surface area contributed by atoms with Crippen molar-refractivity contribution in [2.75, 3.05) is 7.05 Å². The van der Waals surface area contributed by atoms with Crippen LogP contribution in [0.25, 0.3) is 5.57 Å². The number of nitrogens with zero attached hydrogens (tertiary/aromatic N) is 3. The van der Waals surface area contributed by atoms with E-state index in [0.717, 1.165) is 23.9 Å². The summed E-state index contributed by atoms with van der Waals surface area (Å²) in [4.78, 5) is 13.0. The van der Waals surface area contributed by atoms with Gasteiger partial charge in [-0.25, -0.2) is 9.97 Å². The van der Waals surface area contributed by atoms with E-state index in [2.05, 4.69) is 21.9 Å². The standard InChI is InChI=1S/C16H23N3/c1-4-5-14(10-13-6-7-13)15(11-17-3)16-8-9-18-12(2)19-16/h8-9,11,13H,4-7,10H2,1-3H3/b15-14-,17-11?. The van der Waals surface area contributed by atoms with Crippen LogP contribution in [0.1, 0.15) is 50.5 Å². The van der Waals surface area contributed by atoms with Crippen LogP contribution in [0.4, 0.5) is 0 Å². The average molecular weight is 257 g/mol. The van der Waals surface area contributed by atoms with E-state index in [1.807, 2.05) is 32.4 Å². The maximum atomic E-state index is 4.56. The first-order chi connectivity index (χ1) is 9.24. The van der Waals surface area contributed by atoms with Gasteiger partial charge in [0, 0.05) is 25.0 Å². The van der Waals surface area contributed by atoms with Gasteiger partial charge in [-0.1, -0.05) is 18.9 Å². The molecule has 1 aromatic heterocycles. The zero-order valence-corrected chi connectivity index (χ0v) is 12.2. The third-order valence-corrected chi connectivity index (χ3v) is 3.47. The molecule has 1 aliphatic carbocycles. The van der Waals surface area contributed by atoms with Gasteiger partial charge in [-0.05, 0) is 44.6 Å². The second kappa shape index (κ2) is 6.60. The fourth-order valence-electron chi connectivity index (χ4n) is 2.39. The first kappa shape index (κ1) is 13.9. The van der Waals surface area contributed by atoms with Crippen LogP contribution in [0.5, 0.6) is 0 Å². The van der Waals surface area contributed by atoms with E-state index in [0.29, 0.717) is 0 Å². The number of hydrogen-bond acceptors (Lipinski definition) is 3. The summed E-state index contributed by atoms with van der Waals surface area (Å²) in [5.74, 6) is 1.71. The molecule has 1 saturated carbocycles. The third-order valence-electron chi connectivity index (χ3n) is 3.47. The maximum absolute atomic E-state index is 4.56. The van der Waals surface area contributed by atoms with E-state index >= 15 is 0 Å². The Morgan fingerprint density at radius 1 is 1.47 bits per heavy atom. The summed E-state index contributed by atoms with van der Waals surface area (Å²) in [6.07, 6.45) is 10.1. The topological polar surface area (TPSA) is 38.1 Å². The Labute approximate surface area is 115 Å². The lowest BCUT2D eigenvalue weighted by atomic mass is 9.96. The molecule has 1 aromatic rings. The molecule has 3 heteroatoms. The number of rotatable bonds is 6. The minimum Gasteiger partial charge on any atom is -0.296 e. The average Bonchev–Trinajstić information content (AvgIpc) is 3.19. The van der Waals surface area contributed by atoms with Gasteiger partial charge < -0.3 is 0 Å². The summed E-state index contributed by atoms with van der Waals surface area (Å²) in [5.41, 5.74) is 3.73. The monoisotopic (exact) mass is 257 g/mol. The maximum Gasteiger partial charge on any atom is 0.125 e. The van der Waals surface area contributed by atoms with Crippen molar-refractivity contribution in [1.82, 2.24) is 9.97 Å². The number of aromatic nitrogens is 2. The van der Waals surface area contributed by atoms with Gasteiger partial charge in [0.05, 0.1) is 5.69 Å². The van der Waals surface area contributed by atoms with Crippen LogP contribution in [-0.4, -0.2) is 23.2 Å². The molecule has 1 aliphatic rings. The summed E-state index contributed by atoms with van der Waals surface area (Å²) in [6.45, 7) is 4.17. The van der Waals surface area contributed by atoms with Gasteiger partial charge in [0.1, 0.15) is 5.82 Å². The molecular formula is C16H23N3. The molecule has 1 fully saturated rings. The van der Waals surface area contributed by atoms with E-state index in [-0.39, 0.29) is 0 Å². The van der Waals surface area contributed by atoms with Crippen molar-refractivity contribution in [3.05, 3.63) is 29.4 Å². The summed E-state index contributed by atoms with van der Waals surface area (Å²) in [6, 6.07) is 1.99. The first-order valence-electron chi connectivity index (χ1n) is 7.18. The van der Waals surface area contributed by atoms with E-state index in [1.165, 1.54) is 36.8 Å². The third kappa shape index (κ3) is 3.98. The number of hydrogen-bond donors (Lipinski definition) is 0. The Morgan fingerprint density at radius 2 is 2.26 bits per heavy atom. The number of aliphatic imine (C=N–C) groups is 1. The Bertz CT molecular complexity index is 485. The largest absolute Gasteiger partial charge is 0.296 e. The SMILES string of the molecule is CCC/C(CC1CC1)=C(\C=NC)c1ccnc(C)n1. The van der Waals surface area contributed by atoms with E-state index in [9.17, 15) is 0 Å². The molecule has 19 heavy (non-hydrogen) atoms. The Kier molecular flexibility index (Phi) is 4.83. The van der Waals surface area contributed by atoms with Crippen LogP contribution < -0.4 is 0 Å². The van der Waals surface area contributed by atoms with Crippen molar-refractivity contribution in [3.63, 3.8) is 0 Å². The fraction of sp³-hybridized carbons (Fsp3) is 0.562. The fourth-order valence-corrected chi connectivity index (χ4v) is 2.39. The molecule has 0 spiro atoms. The molecule has 0 aliphatic heterocycles. The summed E-state index contributed by atoms with van der Waals surface area (Å²) in [7, 11) is 1.83. The summed E-state index contributed by atoms with van der Waals surface area (Å²) in [5, 5.41) is 0. The van der Waals surface area contributed by atoms with Crippen molar-refractivity contribution in [2.24, 2.45) is 10.9 Å². The first-order valence-corrected chi connectivity index (χ1v) is 7.18. The Morgan fingerprint density at radius 3 is 2.84 bits per heavy atom. The zero-order chi connectivity index (χ0) is 13.7. The molecule has 3 nitrogen and oxygen atoms in total. The molecule has 0 saturated heterocycles. The van der Waals surface area contributed by atoms with Crippen LogP contribution in [0, 0.1) is 12.8 Å². The van der Waals surface area contributed by atoms with E-state index < -0.39 is 0 Å². The van der Waals surface area contributed by atoms with Crippen molar-refractivity contribution in [3.8, 4) is 0 Å². The Balaban J connectivity index is 2.38. The molecule has 0 amide bonds. The normalized spacial score (nSPS) is 16.8. The molecule has 0 atom stereocenters. The van der Waals surface area contributed by atoms with Crippen LogP contribution in [0.2, 0.25) is 0 Å². The van der Waals surface area contributed by atoms with Gasteiger partial charge >= 0.3 is 0 Å². The van der Waals surface area contributed by atoms with Crippen LogP contribution in [0.3, 0.4) is 0 Å². The second-order valence-electron chi connectivity index (χ2n) is 5.29. The molecule has 102 valence electrons. The predicted molar refractivity (Wildman–Crippen MR) is 80.4 cm³/mol. The van der Waals surface area contributed by atoms with Crippen molar-refractivity contribution < 1.29 is 0 Å². The van der Waals surface area contributed by atoms with Crippen LogP contribution >= 0.6 is 0 Å². The van der Waals surface area contributed by atoms with Gasteiger partial charge in [-0.2, -0.15) is 0 Å². The minimum absolute atomic E-state index is 0.821. The lowest BCUT2D eigenvalue weighted by molar-refractivity contribution is 0.759. The molecule has 1 heterocycles. The van der Waals surface area contributed by atoms with Gasteiger partial charge in [-0.3, -0.25) is 4.99 Å². The lowest BCUT2D eigenvalue weighted by Crippen LogP contribution is -2.00. The molecule has 0 bridgehead atoms. The van der Waals surface area contributed by atoms with Gasteiger partial charge in [0.15, 0.2) is 0 Å². The second-order valence-corrected chi connectivity index (χ2v) is 5.29. The highest BCUT2D eigenvalue weighted by atomic mass is 14.9. The Hall–Kier alpha value is -1.51. The number of aryl methyl sites for hydroxylation is 1. The van der Waals surface area contributed by atoms with Crippen molar-refractivity contribution >= 4 is 11.8 Å². The van der Waals surface area contributed by atoms with E-state index in [4.69, 9.17) is 0 Å². The molecule has 0 aromatic carbocycles.